The Bertz CT molecular complexity index is 994. The van der Waals surface area contributed by atoms with Gasteiger partial charge in [-0.25, -0.2) is 4.39 Å². The number of ether oxygens (including phenoxy) is 3. The maximum Gasteiger partial charge on any atom is 0.254 e. The molecule has 1 aliphatic carbocycles. The van der Waals surface area contributed by atoms with Crippen LogP contribution in [0, 0.1) is 30.5 Å². The second kappa shape index (κ2) is 8.81. The van der Waals surface area contributed by atoms with Crippen molar-refractivity contribution in [3.05, 3.63) is 63.3 Å². The molecule has 2 aliphatic rings. The first-order valence-electron chi connectivity index (χ1n) is 9.92. The second-order valence-electron chi connectivity index (χ2n) is 7.49. The molecule has 1 aromatic heterocycles. The number of benzene rings is 1. The molecule has 0 N–H and O–H groups in total. The molecule has 6 heteroatoms. The number of hydrogen-bond donors (Lipinski definition) is 0. The predicted octanol–water partition coefficient (Wildman–Crippen LogP) is 2.90. The highest BCUT2D eigenvalue weighted by molar-refractivity contribution is 5.39. The van der Waals surface area contributed by atoms with Gasteiger partial charge in [0.2, 0.25) is 0 Å². The average molecular weight is 397 g/mol. The van der Waals surface area contributed by atoms with Gasteiger partial charge >= 0.3 is 0 Å². The van der Waals surface area contributed by atoms with E-state index in [1.54, 1.807) is 18.2 Å². The Kier molecular flexibility index (Phi) is 5.98. The van der Waals surface area contributed by atoms with Gasteiger partial charge in [0.1, 0.15) is 24.3 Å². The van der Waals surface area contributed by atoms with E-state index >= 15 is 0 Å². The third-order valence-corrected chi connectivity index (χ3v) is 5.00. The zero-order valence-corrected chi connectivity index (χ0v) is 16.4. The lowest BCUT2D eigenvalue weighted by molar-refractivity contribution is -0.101. The smallest absolute Gasteiger partial charge is 0.254 e. The van der Waals surface area contributed by atoms with Gasteiger partial charge in [0.05, 0.1) is 26.4 Å². The van der Waals surface area contributed by atoms with E-state index < -0.39 is 0 Å². The van der Waals surface area contributed by atoms with Crippen molar-refractivity contribution >= 4 is 0 Å². The van der Waals surface area contributed by atoms with E-state index in [1.165, 1.54) is 16.7 Å². The van der Waals surface area contributed by atoms with Crippen LogP contribution >= 0.6 is 0 Å². The molecular formula is C23H24FNO4. The molecule has 1 unspecified atom stereocenters. The van der Waals surface area contributed by atoms with Crippen molar-refractivity contribution in [1.29, 1.82) is 0 Å². The molecule has 2 heterocycles. The van der Waals surface area contributed by atoms with Crippen LogP contribution in [0.4, 0.5) is 4.39 Å². The highest BCUT2D eigenvalue weighted by Gasteiger charge is 2.18. The minimum Gasteiger partial charge on any atom is -0.491 e. The van der Waals surface area contributed by atoms with Gasteiger partial charge in [0.15, 0.2) is 0 Å². The summed E-state index contributed by atoms with van der Waals surface area (Å²) in [5, 5.41) is 0. The second-order valence-corrected chi connectivity index (χ2v) is 7.49. The molecule has 0 radical (unpaired) electrons. The van der Waals surface area contributed by atoms with Crippen LogP contribution in [0.3, 0.4) is 0 Å². The summed E-state index contributed by atoms with van der Waals surface area (Å²) in [5.74, 6) is 6.89. The Morgan fingerprint density at radius 1 is 1.24 bits per heavy atom. The summed E-state index contributed by atoms with van der Waals surface area (Å²) in [6.07, 6.45) is 2.15. The van der Waals surface area contributed by atoms with Crippen LogP contribution in [0.5, 0.6) is 5.75 Å². The average Bonchev–Trinajstić information content (AvgIpc) is 3.55. The molecular weight excluding hydrogens is 373 g/mol. The van der Waals surface area contributed by atoms with E-state index in [1.807, 2.05) is 6.92 Å². The fraction of sp³-hybridized carbons (Fsp3) is 0.435. The Morgan fingerprint density at radius 2 is 2.10 bits per heavy atom. The molecule has 2 fully saturated rings. The fourth-order valence-electron chi connectivity index (χ4n) is 3.16. The molecule has 1 aliphatic heterocycles. The predicted molar refractivity (Wildman–Crippen MR) is 107 cm³/mol. The highest BCUT2D eigenvalue weighted by atomic mass is 19.1. The molecule has 152 valence electrons. The molecule has 1 atom stereocenters. The number of nitrogens with zero attached hydrogens (tertiary/aromatic N) is 1. The van der Waals surface area contributed by atoms with Crippen molar-refractivity contribution in [2.75, 3.05) is 26.4 Å². The summed E-state index contributed by atoms with van der Waals surface area (Å²) in [7, 11) is 0. The van der Waals surface area contributed by atoms with Crippen molar-refractivity contribution in [3.8, 4) is 17.6 Å². The van der Waals surface area contributed by atoms with Gasteiger partial charge in [-0.3, -0.25) is 4.79 Å². The lowest BCUT2D eigenvalue weighted by Crippen LogP contribution is -2.33. The van der Waals surface area contributed by atoms with Crippen LogP contribution in [0.1, 0.15) is 29.7 Å². The first kappa shape index (κ1) is 19.7. The van der Waals surface area contributed by atoms with Crippen LogP contribution in [-0.2, 0) is 16.0 Å². The molecule has 0 amide bonds. The number of aryl methyl sites for hydroxylation is 1. The Balaban J connectivity index is 1.48. The van der Waals surface area contributed by atoms with Crippen molar-refractivity contribution < 1.29 is 18.6 Å². The van der Waals surface area contributed by atoms with Gasteiger partial charge in [-0.2, -0.15) is 0 Å². The topological polar surface area (TPSA) is 49.7 Å². The molecule has 1 aromatic carbocycles. The molecule has 0 bridgehead atoms. The monoisotopic (exact) mass is 397 g/mol. The van der Waals surface area contributed by atoms with Crippen LogP contribution < -0.4 is 10.3 Å². The van der Waals surface area contributed by atoms with Gasteiger partial charge in [0.25, 0.3) is 5.56 Å². The first-order chi connectivity index (χ1) is 14.1. The van der Waals surface area contributed by atoms with Crippen LogP contribution in [0.2, 0.25) is 0 Å². The first-order valence-corrected chi connectivity index (χ1v) is 9.92. The van der Waals surface area contributed by atoms with Crippen molar-refractivity contribution in [1.82, 2.24) is 4.57 Å². The lowest BCUT2D eigenvalue weighted by atomic mass is 10.1. The Morgan fingerprint density at radius 3 is 2.83 bits per heavy atom. The zero-order chi connectivity index (χ0) is 20.2. The third-order valence-electron chi connectivity index (χ3n) is 5.00. The molecule has 2 aromatic rings. The maximum atomic E-state index is 14.3. The highest BCUT2D eigenvalue weighted by Crippen LogP contribution is 2.27. The van der Waals surface area contributed by atoms with Gasteiger partial charge in [0, 0.05) is 28.8 Å². The van der Waals surface area contributed by atoms with Gasteiger partial charge < -0.3 is 18.8 Å². The van der Waals surface area contributed by atoms with Crippen LogP contribution in [0.15, 0.2) is 35.1 Å². The Labute approximate surface area is 169 Å². The van der Waals surface area contributed by atoms with Gasteiger partial charge in [-0.1, -0.05) is 11.8 Å². The standard InChI is InChI=1S/C23H24FNO4/c1-16-10-20(29-15-21-14-27-8-9-28-21)12-23(26)25(16)13-19-11-18(6-7-22(19)24)5-4-17-2-3-17/h6-7,10-12,17,21H,2-3,8-9,13-15H2,1H3. The normalized spacial score (nSPS) is 18.8. The van der Waals surface area contributed by atoms with Crippen LogP contribution in [0.25, 0.3) is 0 Å². The summed E-state index contributed by atoms with van der Waals surface area (Å²) in [4.78, 5) is 12.6. The summed E-state index contributed by atoms with van der Waals surface area (Å²) in [6.45, 7) is 3.90. The molecule has 0 spiro atoms. The minimum absolute atomic E-state index is 0.139. The van der Waals surface area contributed by atoms with Crippen molar-refractivity contribution in [2.45, 2.75) is 32.4 Å². The van der Waals surface area contributed by atoms with Gasteiger partial charge in [-0.15, -0.1) is 0 Å². The molecule has 5 nitrogen and oxygen atoms in total. The largest absolute Gasteiger partial charge is 0.491 e. The number of pyridine rings is 1. The van der Waals surface area contributed by atoms with E-state index in [0.29, 0.717) is 49.4 Å². The van der Waals surface area contributed by atoms with Crippen molar-refractivity contribution in [3.63, 3.8) is 0 Å². The third kappa shape index (κ3) is 5.26. The minimum atomic E-state index is -0.344. The van der Waals surface area contributed by atoms with Crippen molar-refractivity contribution in [2.24, 2.45) is 5.92 Å². The molecule has 4 rings (SSSR count). The van der Waals surface area contributed by atoms with E-state index in [2.05, 4.69) is 11.8 Å². The SMILES string of the molecule is Cc1cc(OCC2COCCO2)cc(=O)n1Cc1cc(C#CC2CC2)ccc1F. The lowest BCUT2D eigenvalue weighted by Gasteiger charge is -2.23. The van der Waals surface area contributed by atoms with E-state index in [9.17, 15) is 9.18 Å². The summed E-state index contributed by atoms with van der Waals surface area (Å²) >= 11 is 0. The summed E-state index contributed by atoms with van der Waals surface area (Å²) in [6, 6.07) is 8.01. The number of hydrogen-bond acceptors (Lipinski definition) is 4. The van der Waals surface area contributed by atoms with E-state index in [4.69, 9.17) is 14.2 Å². The summed E-state index contributed by atoms with van der Waals surface area (Å²) in [5.41, 5.74) is 1.67. The fourth-order valence-corrected chi connectivity index (χ4v) is 3.16. The zero-order valence-electron chi connectivity index (χ0n) is 16.4. The van der Waals surface area contributed by atoms with E-state index in [0.717, 1.165) is 18.4 Å². The maximum absolute atomic E-state index is 14.3. The number of aromatic nitrogens is 1. The quantitative estimate of drug-likeness (QED) is 0.728. The van der Waals surface area contributed by atoms with Gasteiger partial charge in [-0.05, 0) is 44.0 Å². The van der Waals surface area contributed by atoms with Crippen LogP contribution in [-0.4, -0.2) is 37.1 Å². The molecule has 29 heavy (non-hydrogen) atoms. The molecule has 1 saturated heterocycles. The molecule has 1 saturated carbocycles. The van der Waals surface area contributed by atoms with E-state index in [-0.39, 0.29) is 24.0 Å². The Hall–Kier alpha value is -2.62. The summed E-state index contributed by atoms with van der Waals surface area (Å²) < 4.78 is 32.4. The number of halogens is 1. The number of rotatable bonds is 5.